The van der Waals surface area contributed by atoms with Crippen molar-refractivity contribution in [3.8, 4) is 0 Å². The van der Waals surface area contributed by atoms with Crippen LogP contribution < -0.4 is 11.2 Å². The molecule has 6 nitrogen and oxygen atoms in total. The maximum absolute atomic E-state index is 12.9. The fourth-order valence-corrected chi connectivity index (χ4v) is 4.09. The van der Waals surface area contributed by atoms with Gasteiger partial charge in [-0.2, -0.15) is 0 Å². The Morgan fingerprint density at radius 3 is 2.74 bits per heavy atom. The molecular formula is C16H20N2O4S. The second kappa shape index (κ2) is 6.70. The third kappa shape index (κ3) is 2.97. The van der Waals surface area contributed by atoms with E-state index in [1.165, 1.54) is 20.5 Å². The molecule has 3 rings (SSSR count). The maximum atomic E-state index is 12.9. The highest BCUT2D eigenvalue weighted by Crippen LogP contribution is 2.26. The molecule has 1 fully saturated rings. The number of rotatable bonds is 4. The number of nitrogens with zero attached hydrogens (tertiary/aromatic N) is 2. The van der Waals surface area contributed by atoms with Gasteiger partial charge in [0.25, 0.3) is 5.56 Å². The summed E-state index contributed by atoms with van der Waals surface area (Å²) in [5.41, 5.74) is -0.113. The predicted octanol–water partition coefficient (Wildman–Crippen LogP) is 2.29. The second-order valence-corrected chi connectivity index (χ2v) is 6.69. The third-order valence-corrected chi connectivity index (χ3v) is 5.21. The minimum Gasteiger partial charge on any atom is -0.465 e. The molecule has 2 aromatic heterocycles. The largest absolute Gasteiger partial charge is 0.465 e. The van der Waals surface area contributed by atoms with Crippen LogP contribution in [0.25, 0.3) is 10.2 Å². The molecule has 1 saturated carbocycles. The Labute approximate surface area is 137 Å². The third-order valence-electron chi connectivity index (χ3n) is 4.32. The van der Waals surface area contributed by atoms with Crippen LogP contribution in [0.15, 0.2) is 21.0 Å². The fraction of sp³-hybridized carbons (Fsp3) is 0.562. The van der Waals surface area contributed by atoms with Crippen LogP contribution in [-0.2, 0) is 16.1 Å². The molecule has 2 aromatic rings. The van der Waals surface area contributed by atoms with Crippen LogP contribution in [0, 0.1) is 0 Å². The molecule has 0 amide bonds. The molecule has 0 aromatic carbocycles. The summed E-state index contributed by atoms with van der Waals surface area (Å²) in [6, 6.07) is 1.65. The standard InChI is InChI=1S/C16H20N2O4S/c1-2-22-13(19)10-17-12-8-9-23-14(12)15(20)18(16(17)21)11-6-4-3-5-7-11/h8-9,11H,2-7,10H2,1H3. The molecule has 7 heteroatoms. The monoisotopic (exact) mass is 336 g/mol. The summed E-state index contributed by atoms with van der Waals surface area (Å²) < 4.78 is 8.22. The van der Waals surface area contributed by atoms with Gasteiger partial charge in [0.1, 0.15) is 11.2 Å². The number of hydrogen-bond acceptors (Lipinski definition) is 5. The smallest absolute Gasteiger partial charge is 0.332 e. The molecule has 1 aliphatic carbocycles. The van der Waals surface area contributed by atoms with E-state index >= 15 is 0 Å². The molecule has 0 N–H and O–H groups in total. The van der Waals surface area contributed by atoms with Crippen molar-refractivity contribution in [1.29, 1.82) is 0 Å². The number of carbonyl (C=O) groups is 1. The lowest BCUT2D eigenvalue weighted by Gasteiger charge is -2.24. The van der Waals surface area contributed by atoms with Gasteiger partial charge in [0.05, 0.1) is 12.1 Å². The Kier molecular flexibility index (Phi) is 4.66. The van der Waals surface area contributed by atoms with Crippen molar-refractivity contribution in [3.05, 3.63) is 32.3 Å². The van der Waals surface area contributed by atoms with Crippen molar-refractivity contribution in [2.75, 3.05) is 6.61 Å². The number of thiophene rings is 1. The van der Waals surface area contributed by atoms with Crippen molar-refractivity contribution in [2.24, 2.45) is 0 Å². The van der Waals surface area contributed by atoms with Crippen LogP contribution in [-0.4, -0.2) is 21.7 Å². The van der Waals surface area contributed by atoms with Crippen molar-refractivity contribution in [3.63, 3.8) is 0 Å². The number of fused-ring (bicyclic) bond motifs is 1. The van der Waals surface area contributed by atoms with Gasteiger partial charge in [0.15, 0.2) is 0 Å². The minimum absolute atomic E-state index is 0.0660. The first-order valence-corrected chi connectivity index (χ1v) is 8.89. The van der Waals surface area contributed by atoms with Gasteiger partial charge in [-0.15, -0.1) is 11.3 Å². The average Bonchev–Trinajstić information content (AvgIpc) is 3.03. The SMILES string of the molecule is CCOC(=O)Cn1c(=O)n(C2CCCCC2)c(=O)c2sccc21. The van der Waals surface area contributed by atoms with Gasteiger partial charge in [-0.05, 0) is 31.2 Å². The molecule has 0 unspecified atom stereocenters. The lowest BCUT2D eigenvalue weighted by atomic mass is 9.95. The van der Waals surface area contributed by atoms with E-state index in [-0.39, 0.29) is 24.8 Å². The van der Waals surface area contributed by atoms with E-state index in [2.05, 4.69) is 0 Å². The molecule has 0 spiro atoms. The van der Waals surface area contributed by atoms with E-state index in [1.54, 1.807) is 18.4 Å². The molecular weight excluding hydrogens is 316 g/mol. The van der Waals surface area contributed by atoms with E-state index in [0.29, 0.717) is 10.2 Å². The molecule has 1 aliphatic rings. The number of aromatic nitrogens is 2. The second-order valence-electron chi connectivity index (χ2n) is 5.78. The van der Waals surface area contributed by atoms with Gasteiger partial charge >= 0.3 is 11.7 Å². The van der Waals surface area contributed by atoms with Gasteiger partial charge in [-0.1, -0.05) is 19.3 Å². The Hall–Kier alpha value is -1.89. The molecule has 0 bridgehead atoms. The quantitative estimate of drug-likeness (QED) is 0.803. The average molecular weight is 336 g/mol. The maximum Gasteiger partial charge on any atom is 0.332 e. The number of carbonyl (C=O) groups excluding carboxylic acids is 1. The van der Waals surface area contributed by atoms with E-state index in [9.17, 15) is 14.4 Å². The zero-order chi connectivity index (χ0) is 16.4. The van der Waals surface area contributed by atoms with Crippen LogP contribution in [0.5, 0.6) is 0 Å². The van der Waals surface area contributed by atoms with Crippen LogP contribution in [0.4, 0.5) is 0 Å². The summed E-state index contributed by atoms with van der Waals surface area (Å²) in [7, 11) is 0. The zero-order valence-corrected chi connectivity index (χ0v) is 13.9. The lowest BCUT2D eigenvalue weighted by molar-refractivity contribution is -0.143. The lowest BCUT2D eigenvalue weighted by Crippen LogP contribution is -2.43. The van der Waals surface area contributed by atoms with Crippen LogP contribution in [0.3, 0.4) is 0 Å². The summed E-state index contributed by atoms with van der Waals surface area (Å²) in [4.78, 5) is 37.4. The normalized spacial score (nSPS) is 15.9. The first-order chi connectivity index (χ1) is 11.1. The zero-order valence-electron chi connectivity index (χ0n) is 13.1. The molecule has 0 radical (unpaired) electrons. The van der Waals surface area contributed by atoms with E-state index in [0.717, 1.165) is 32.1 Å². The molecule has 0 atom stereocenters. The van der Waals surface area contributed by atoms with E-state index in [1.807, 2.05) is 0 Å². The van der Waals surface area contributed by atoms with Gasteiger partial charge in [0.2, 0.25) is 0 Å². The van der Waals surface area contributed by atoms with Gasteiger partial charge < -0.3 is 4.74 Å². The van der Waals surface area contributed by atoms with Crippen molar-refractivity contribution >= 4 is 27.5 Å². The van der Waals surface area contributed by atoms with Crippen LogP contribution in [0.2, 0.25) is 0 Å². The summed E-state index contributed by atoms with van der Waals surface area (Å²) in [6.45, 7) is 1.83. The Morgan fingerprint density at radius 1 is 1.30 bits per heavy atom. The number of ether oxygens (including phenoxy) is 1. The first kappa shape index (κ1) is 16.0. The Bertz CT molecular complexity index is 827. The van der Waals surface area contributed by atoms with Gasteiger partial charge in [-0.25, -0.2) is 4.79 Å². The highest BCUT2D eigenvalue weighted by molar-refractivity contribution is 7.17. The Balaban J connectivity index is 2.14. The molecule has 0 aliphatic heterocycles. The summed E-state index contributed by atoms with van der Waals surface area (Å²) in [6.07, 6.45) is 4.87. The van der Waals surface area contributed by atoms with Gasteiger partial charge in [-0.3, -0.25) is 18.7 Å². The number of esters is 1. The summed E-state index contributed by atoms with van der Waals surface area (Å²) in [5, 5.41) is 1.78. The summed E-state index contributed by atoms with van der Waals surface area (Å²) in [5.74, 6) is -0.462. The van der Waals surface area contributed by atoms with Crippen LogP contribution >= 0.6 is 11.3 Å². The van der Waals surface area contributed by atoms with Crippen molar-refractivity contribution < 1.29 is 9.53 Å². The first-order valence-electron chi connectivity index (χ1n) is 8.01. The van der Waals surface area contributed by atoms with E-state index in [4.69, 9.17) is 4.74 Å². The highest BCUT2D eigenvalue weighted by atomic mass is 32.1. The topological polar surface area (TPSA) is 70.3 Å². The highest BCUT2D eigenvalue weighted by Gasteiger charge is 2.23. The van der Waals surface area contributed by atoms with E-state index < -0.39 is 11.7 Å². The van der Waals surface area contributed by atoms with Gasteiger partial charge in [0, 0.05) is 6.04 Å². The van der Waals surface area contributed by atoms with Crippen molar-refractivity contribution in [1.82, 2.24) is 9.13 Å². The molecule has 0 saturated heterocycles. The predicted molar refractivity (Wildman–Crippen MR) is 89.1 cm³/mol. The molecule has 2 heterocycles. The van der Waals surface area contributed by atoms with Crippen LogP contribution in [0.1, 0.15) is 45.1 Å². The molecule has 23 heavy (non-hydrogen) atoms. The molecule has 124 valence electrons. The minimum atomic E-state index is -0.462. The summed E-state index contributed by atoms with van der Waals surface area (Å²) >= 11 is 1.31. The Morgan fingerprint density at radius 2 is 2.04 bits per heavy atom. The number of hydrogen-bond donors (Lipinski definition) is 0. The van der Waals surface area contributed by atoms with Crippen molar-refractivity contribution in [2.45, 2.75) is 51.6 Å². The fourth-order valence-electron chi connectivity index (χ4n) is 3.25.